The summed E-state index contributed by atoms with van der Waals surface area (Å²) < 4.78 is 46.0. The Kier molecular flexibility index (Phi) is 5.27. The number of hydrogen-bond acceptors (Lipinski definition) is 5. The molecule has 0 aliphatic carbocycles. The molecule has 1 N–H and O–H groups in total. The predicted octanol–water partition coefficient (Wildman–Crippen LogP) is 5.32. The lowest BCUT2D eigenvalue weighted by molar-refractivity contribution is -0.143. The highest BCUT2D eigenvalue weighted by molar-refractivity contribution is 7.10. The summed E-state index contributed by atoms with van der Waals surface area (Å²) in [5, 5.41) is 6.56. The van der Waals surface area contributed by atoms with Gasteiger partial charge in [-0.1, -0.05) is 41.9 Å². The maximum atomic E-state index is 13.7. The zero-order chi connectivity index (χ0) is 21.3. The second-order valence-electron chi connectivity index (χ2n) is 6.04. The van der Waals surface area contributed by atoms with Crippen molar-refractivity contribution < 1.29 is 18.0 Å². The fourth-order valence-electron chi connectivity index (χ4n) is 2.71. The molecule has 152 valence electrons. The van der Waals surface area contributed by atoms with Crippen LogP contribution in [0.25, 0.3) is 17.1 Å². The first-order chi connectivity index (χ1) is 14.3. The van der Waals surface area contributed by atoms with Gasteiger partial charge in [-0.25, -0.2) is 4.68 Å². The summed E-state index contributed by atoms with van der Waals surface area (Å²) in [5.41, 5.74) is -0.988. The van der Waals surface area contributed by atoms with E-state index in [-0.39, 0.29) is 10.8 Å². The molecule has 1 amide bonds. The van der Waals surface area contributed by atoms with E-state index in [2.05, 4.69) is 19.8 Å². The molecule has 11 heteroatoms. The largest absolute Gasteiger partial charge is 0.434 e. The lowest BCUT2D eigenvalue weighted by atomic mass is 10.2. The molecule has 0 radical (unpaired) electrons. The molecule has 0 bridgehead atoms. The molecule has 2 heterocycles. The lowest BCUT2D eigenvalue weighted by Gasteiger charge is -2.12. The zero-order valence-electron chi connectivity index (χ0n) is 14.9. The highest BCUT2D eigenvalue weighted by Crippen LogP contribution is 2.34. The SMILES string of the molecule is O=C(Nc1nc(-c2ccccc2)ns1)c1cnn(-c2ccc(Cl)cc2)c1C(F)(F)F. The van der Waals surface area contributed by atoms with E-state index in [4.69, 9.17) is 11.6 Å². The van der Waals surface area contributed by atoms with Crippen LogP contribution in [0.5, 0.6) is 0 Å². The van der Waals surface area contributed by atoms with Gasteiger partial charge in [0.15, 0.2) is 11.5 Å². The fraction of sp³-hybridized carbons (Fsp3) is 0.0526. The Labute approximate surface area is 177 Å². The Morgan fingerprint density at radius 3 is 2.43 bits per heavy atom. The number of nitrogens with zero attached hydrogens (tertiary/aromatic N) is 4. The van der Waals surface area contributed by atoms with Crippen LogP contribution in [0.2, 0.25) is 5.02 Å². The van der Waals surface area contributed by atoms with Crippen molar-refractivity contribution in [2.24, 2.45) is 0 Å². The molecular formula is C19H11ClF3N5OS. The Bertz CT molecular complexity index is 1190. The molecule has 30 heavy (non-hydrogen) atoms. The van der Waals surface area contributed by atoms with Crippen LogP contribution in [0.3, 0.4) is 0 Å². The van der Waals surface area contributed by atoms with Crippen molar-refractivity contribution in [3.05, 3.63) is 77.1 Å². The van der Waals surface area contributed by atoms with E-state index in [1.165, 1.54) is 24.3 Å². The van der Waals surface area contributed by atoms with Crippen LogP contribution in [-0.4, -0.2) is 25.0 Å². The third kappa shape index (κ3) is 4.05. The number of alkyl halides is 3. The van der Waals surface area contributed by atoms with Gasteiger partial charge in [0.1, 0.15) is 0 Å². The molecule has 2 aromatic carbocycles. The van der Waals surface area contributed by atoms with Crippen LogP contribution >= 0.6 is 23.1 Å². The topological polar surface area (TPSA) is 72.7 Å². The molecule has 0 saturated heterocycles. The highest BCUT2D eigenvalue weighted by Gasteiger charge is 2.40. The number of aromatic nitrogens is 4. The van der Waals surface area contributed by atoms with Crippen LogP contribution in [0.4, 0.5) is 18.3 Å². The monoisotopic (exact) mass is 449 g/mol. The highest BCUT2D eigenvalue weighted by atomic mass is 35.5. The summed E-state index contributed by atoms with van der Waals surface area (Å²) in [7, 11) is 0. The fourth-order valence-corrected chi connectivity index (χ4v) is 3.42. The Morgan fingerprint density at radius 1 is 1.07 bits per heavy atom. The number of halogens is 4. The molecule has 2 aromatic heterocycles. The Balaban J connectivity index is 1.65. The van der Waals surface area contributed by atoms with Crippen molar-refractivity contribution >= 4 is 34.2 Å². The molecule has 0 spiro atoms. The first-order valence-electron chi connectivity index (χ1n) is 8.44. The van der Waals surface area contributed by atoms with Crippen LogP contribution in [0, 0.1) is 0 Å². The van der Waals surface area contributed by atoms with E-state index in [9.17, 15) is 18.0 Å². The summed E-state index contributed by atoms with van der Waals surface area (Å²) in [6.45, 7) is 0. The second-order valence-corrected chi connectivity index (χ2v) is 7.22. The number of nitrogens with one attached hydrogen (secondary N) is 1. The van der Waals surface area contributed by atoms with Gasteiger partial charge in [-0.05, 0) is 24.3 Å². The second kappa shape index (κ2) is 7.88. The van der Waals surface area contributed by atoms with Crippen LogP contribution < -0.4 is 5.32 Å². The minimum absolute atomic E-state index is 0.0752. The van der Waals surface area contributed by atoms with E-state index in [1.807, 2.05) is 6.07 Å². The molecule has 0 aliphatic heterocycles. The standard InChI is InChI=1S/C19H11ClF3N5OS/c20-12-6-8-13(9-7-12)28-15(19(21,22)23)14(10-24-28)17(29)26-18-25-16(27-30-18)11-4-2-1-3-5-11/h1-10H,(H,25,26,27,29). The summed E-state index contributed by atoms with van der Waals surface area (Å²) in [6.07, 6.45) is -3.95. The number of carbonyl (C=O) groups is 1. The van der Waals surface area contributed by atoms with Gasteiger partial charge in [0.05, 0.1) is 17.4 Å². The number of carbonyl (C=O) groups excluding carboxylic acids is 1. The van der Waals surface area contributed by atoms with Gasteiger partial charge in [0, 0.05) is 22.1 Å². The van der Waals surface area contributed by atoms with Gasteiger partial charge in [-0.2, -0.15) is 27.6 Å². The van der Waals surface area contributed by atoms with Crippen molar-refractivity contribution in [2.75, 3.05) is 5.32 Å². The van der Waals surface area contributed by atoms with Gasteiger partial charge in [-0.3, -0.25) is 10.1 Å². The summed E-state index contributed by atoms with van der Waals surface area (Å²) >= 11 is 6.66. The van der Waals surface area contributed by atoms with Crippen molar-refractivity contribution in [3.8, 4) is 17.1 Å². The van der Waals surface area contributed by atoms with Gasteiger partial charge in [0.25, 0.3) is 5.91 Å². The molecule has 0 atom stereocenters. The molecule has 0 aliphatic rings. The third-order valence-electron chi connectivity index (χ3n) is 4.03. The van der Waals surface area contributed by atoms with E-state index in [1.54, 1.807) is 24.3 Å². The van der Waals surface area contributed by atoms with Crippen molar-refractivity contribution in [1.82, 2.24) is 19.1 Å². The smallest absolute Gasteiger partial charge is 0.296 e. The molecule has 6 nitrogen and oxygen atoms in total. The number of amides is 1. The van der Waals surface area contributed by atoms with Gasteiger partial charge in [-0.15, -0.1) is 0 Å². The number of anilines is 1. The number of hydrogen-bond donors (Lipinski definition) is 1. The average molecular weight is 450 g/mol. The summed E-state index contributed by atoms with van der Waals surface area (Å²) in [4.78, 5) is 16.7. The van der Waals surface area contributed by atoms with Crippen molar-refractivity contribution in [3.63, 3.8) is 0 Å². The summed E-state index contributed by atoms with van der Waals surface area (Å²) in [6, 6.07) is 14.6. The summed E-state index contributed by atoms with van der Waals surface area (Å²) in [5.74, 6) is -0.623. The molecule has 4 aromatic rings. The molecular weight excluding hydrogens is 439 g/mol. The minimum atomic E-state index is -4.82. The van der Waals surface area contributed by atoms with Crippen LogP contribution in [-0.2, 0) is 6.18 Å². The van der Waals surface area contributed by atoms with Gasteiger partial charge in [0.2, 0.25) is 5.13 Å². The van der Waals surface area contributed by atoms with Crippen molar-refractivity contribution in [1.29, 1.82) is 0 Å². The molecule has 0 unspecified atom stereocenters. The van der Waals surface area contributed by atoms with E-state index in [0.717, 1.165) is 23.3 Å². The predicted molar refractivity (Wildman–Crippen MR) is 107 cm³/mol. The first-order valence-corrected chi connectivity index (χ1v) is 9.60. The van der Waals surface area contributed by atoms with Crippen molar-refractivity contribution in [2.45, 2.75) is 6.18 Å². The van der Waals surface area contributed by atoms with Crippen LogP contribution in [0.15, 0.2) is 60.8 Å². The Hall–Kier alpha value is -3.24. The molecule has 0 fully saturated rings. The Morgan fingerprint density at radius 2 is 1.77 bits per heavy atom. The van der Waals surface area contributed by atoms with E-state index in [0.29, 0.717) is 15.5 Å². The van der Waals surface area contributed by atoms with Gasteiger partial charge < -0.3 is 0 Å². The normalized spacial score (nSPS) is 11.5. The zero-order valence-corrected chi connectivity index (χ0v) is 16.5. The maximum Gasteiger partial charge on any atom is 0.434 e. The van der Waals surface area contributed by atoms with E-state index < -0.39 is 23.3 Å². The first kappa shape index (κ1) is 20.0. The quantitative estimate of drug-likeness (QED) is 0.458. The molecule has 0 saturated carbocycles. The third-order valence-corrected chi connectivity index (χ3v) is 4.91. The maximum absolute atomic E-state index is 13.7. The molecule has 4 rings (SSSR count). The number of rotatable bonds is 4. The van der Waals surface area contributed by atoms with Gasteiger partial charge >= 0.3 is 6.18 Å². The number of benzene rings is 2. The average Bonchev–Trinajstić information content (AvgIpc) is 3.36. The lowest BCUT2D eigenvalue weighted by Crippen LogP contribution is -2.20. The minimum Gasteiger partial charge on any atom is -0.296 e. The van der Waals surface area contributed by atoms with E-state index >= 15 is 0 Å². The van der Waals surface area contributed by atoms with Crippen LogP contribution in [0.1, 0.15) is 16.1 Å².